The van der Waals surface area contributed by atoms with Crippen molar-refractivity contribution in [3.63, 3.8) is 0 Å². The first kappa shape index (κ1) is 20.0. The normalized spacial score (nSPS) is 19.2. The molecule has 29 heavy (non-hydrogen) atoms. The standard InChI is InChI=1S/C22H23F2NO3S/c1-15(26)25-12-8-17(9-13-25)22(10-11-22)29(27,28)19-5-2-16(3-6-19)20-7-4-18(23)14-21(20)24/h2-7,14,17H,8-13H2,1H3. The van der Waals surface area contributed by atoms with Crippen molar-refractivity contribution in [1.82, 2.24) is 4.90 Å². The molecule has 1 heterocycles. The highest BCUT2D eigenvalue weighted by Gasteiger charge is 2.59. The van der Waals surface area contributed by atoms with Crippen molar-refractivity contribution in [2.75, 3.05) is 13.1 Å². The van der Waals surface area contributed by atoms with Gasteiger partial charge in [0, 0.05) is 31.6 Å². The van der Waals surface area contributed by atoms with Gasteiger partial charge in [-0.15, -0.1) is 0 Å². The number of rotatable bonds is 4. The first-order valence-electron chi connectivity index (χ1n) is 9.80. The van der Waals surface area contributed by atoms with Crippen LogP contribution in [0.1, 0.15) is 32.6 Å². The summed E-state index contributed by atoms with van der Waals surface area (Å²) in [4.78, 5) is 13.5. The van der Waals surface area contributed by atoms with Crippen molar-refractivity contribution in [3.8, 4) is 11.1 Å². The number of benzene rings is 2. The fourth-order valence-corrected chi connectivity index (χ4v) is 6.79. The van der Waals surface area contributed by atoms with Gasteiger partial charge in [0.1, 0.15) is 11.6 Å². The zero-order valence-corrected chi connectivity index (χ0v) is 17.0. The molecule has 0 unspecified atom stereocenters. The van der Waals surface area contributed by atoms with Crippen LogP contribution in [0, 0.1) is 17.6 Å². The van der Waals surface area contributed by atoms with E-state index >= 15 is 0 Å². The SMILES string of the molecule is CC(=O)N1CCC(C2(S(=O)(=O)c3ccc(-c4ccc(F)cc4F)cc3)CC2)CC1. The quantitative estimate of drug-likeness (QED) is 0.747. The van der Waals surface area contributed by atoms with E-state index in [1.165, 1.54) is 31.2 Å². The van der Waals surface area contributed by atoms with E-state index in [1.54, 1.807) is 17.0 Å². The van der Waals surface area contributed by atoms with Gasteiger partial charge in [0.15, 0.2) is 9.84 Å². The Bertz CT molecular complexity index is 1040. The molecule has 1 aliphatic carbocycles. The van der Waals surface area contributed by atoms with E-state index in [9.17, 15) is 22.0 Å². The predicted molar refractivity (Wildman–Crippen MR) is 106 cm³/mol. The molecule has 1 aliphatic heterocycles. The molecule has 2 aromatic carbocycles. The molecule has 7 heteroatoms. The number of halogens is 2. The third-order valence-electron chi connectivity index (χ3n) is 6.37. The summed E-state index contributed by atoms with van der Waals surface area (Å²) in [5.74, 6) is -1.27. The van der Waals surface area contributed by atoms with Crippen molar-refractivity contribution in [2.45, 2.75) is 42.2 Å². The number of sulfone groups is 1. The van der Waals surface area contributed by atoms with E-state index in [2.05, 4.69) is 0 Å². The molecular weight excluding hydrogens is 396 g/mol. The van der Waals surface area contributed by atoms with Gasteiger partial charge in [0.25, 0.3) is 0 Å². The second-order valence-electron chi connectivity index (χ2n) is 8.00. The van der Waals surface area contributed by atoms with Gasteiger partial charge in [-0.3, -0.25) is 4.79 Å². The van der Waals surface area contributed by atoms with Crippen LogP contribution in [0.5, 0.6) is 0 Å². The number of piperidine rings is 1. The van der Waals surface area contributed by atoms with E-state index in [4.69, 9.17) is 0 Å². The van der Waals surface area contributed by atoms with Crippen LogP contribution in [0.2, 0.25) is 0 Å². The van der Waals surface area contributed by atoms with Crippen LogP contribution in [-0.2, 0) is 14.6 Å². The summed E-state index contributed by atoms with van der Waals surface area (Å²) in [5, 5.41) is 0. The molecule has 2 aromatic rings. The zero-order valence-electron chi connectivity index (χ0n) is 16.2. The highest BCUT2D eigenvalue weighted by Crippen LogP contribution is 2.55. The summed E-state index contributed by atoms with van der Waals surface area (Å²) in [6, 6.07) is 9.49. The second-order valence-corrected chi connectivity index (χ2v) is 10.3. The van der Waals surface area contributed by atoms with Gasteiger partial charge in [-0.05, 0) is 61.4 Å². The summed E-state index contributed by atoms with van der Waals surface area (Å²) in [6.45, 7) is 2.73. The summed E-state index contributed by atoms with van der Waals surface area (Å²) in [5.41, 5.74) is 0.731. The van der Waals surface area contributed by atoms with E-state index in [1.807, 2.05) is 0 Å². The molecule has 1 saturated carbocycles. The van der Waals surface area contributed by atoms with Gasteiger partial charge >= 0.3 is 0 Å². The first-order chi connectivity index (χ1) is 13.7. The molecule has 1 saturated heterocycles. The maximum absolute atomic E-state index is 14.0. The number of likely N-dealkylation sites (tertiary alicyclic amines) is 1. The molecule has 0 radical (unpaired) electrons. The third-order valence-corrected chi connectivity index (χ3v) is 9.07. The van der Waals surface area contributed by atoms with E-state index in [0.29, 0.717) is 44.3 Å². The summed E-state index contributed by atoms with van der Waals surface area (Å²) >= 11 is 0. The van der Waals surface area contributed by atoms with E-state index in [0.717, 1.165) is 6.07 Å². The zero-order chi connectivity index (χ0) is 20.8. The number of hydrogen-bond acceptors (Lipinski definition) is 3. The Hall–Kier alpha value is -2.28. The summed E-state index contributed by atoms with van der Waals surface area (Å²) < 4.78 is 53.2. The minimum atomic E-state index is -3.54. The Kier molecular flexibility index (Phi) is 4.97. The molecular formula is C22H23F2NO3S. The van der Waals surface area contributed by atoms with Gasteiger partial charge in [-0.1, -0.05) is 12.1 Å². The molecule has 2 fully saturated rings. The summed E-state index contributed by atoms with van der Waals surface area (Å²) in [6.07, 6.45) is 2.65. The maximum atomic E-state index is 14.0. The average molecular weight is 419 g/mol. The molecule has 0 aromatic heterocycles. The van der Waals surface area contributed by atoms with Crippen molar-refractivity contribution in [1.29, 1.82) is 0 Å². The molecule has 0 spiro atoms. The van der Waals surface area contributed by atoms with Crippen LogP contribution in [0.3, 0.4) is 0 Å². The lowest BCUT2D eigenvalue weighted by molar-refractivity contribution is -0.130. The lowest BCUT2D eigenvalue weighted by atomic mass is 9.91. The van der Waals surface area contributed by atoms with Gasteiger partial charge in [-0.25, -0.2) is 17.2 Å². The predicted octanol–water partition coefficient (Wildman–Crippen LogP) is 4.20. The number of carbonyl (C=O) groups excluding carboxylic acids is 1. The Labute approximate surface area is 169 Å². The van der Waals surface area contributed by atoms with Crippen LogP contribution in [0.15, 0.2) is 47.4 Å². The van der Waals surface area contributed by atoms with Gasteiger partial charge in [0.05, 0.1) is 9.64 Å². The Balaban J connectivity index is 1.57. The van der Waals surface area contributed by atoms with Crippen LogP contribution in [-0.4, -0.2) is 37.1 Å². The Morgan fingerprint density at radius 1 is 1.03 bits per heavy atom. The topological polar surface area (TPSA) is 54.5 Å². The van der Waals surface area contributed by atoms with E-state index in [-0.39, 0.29) is 22.3 Å². The van der Waals surface area contributed by atoms with Gasteiger partial charge in [0.2, 0.25) is 5.91 Å². The lowest BCUT2D eigenvalue weighted by Crippen LogP contribution is -2.43. The van der Waals surface area contributed by atoms with Gasteiger partial charge < -0.3 is 4.90 Å². The van der Waals surface area contributed by atoms with Crippen molar-refractivity contribution >= 4 is 15.7 Å². The van der Waals surface area contributed by atoms with Crippen molar-refractivity contribution in [2.24, 2.45) is 5.92 Å². The fraction of sp³-hybridized carbons (Fsp3) is 0.409. The maximum Gasteiger partial charge on any atom is 0.219 e. The van der Waals surface area contributed by atoms with Crippen LogP contribution in [0.4, 0.5) is 8.78 Å². The number of carbonyl (C=O) groups is 1. The largest absolute Gasteiger partial charge is 0.343 e. The Morgan fingerprint density at radius 2 is 1.66 bits per heavy atom. The monoisotopic (exact) mass is 419 g/mol. The summed E-state index contributed by atoms with van der Waals surface area (Å²) in [7, 11) is -3.54. The van der Waals surface area contributed by atoms with Gasteiger partial charge in [-0.2, -0.15) is 0 Å². The van der Waals surface area contributed by atoms with Crippen molar-refractivity contribution < 1.29 is 22.0 Å². The minimum Gasteiger partial charge on any atom is -0.343 e. The Morgan fingerprint density at radius 3 is 2.17 bits per heavy atom. The number of hydrogen-bond donors (Lipinski definition) is 0. The average Bonchev–Trinajstić information content (AvgIpc) is 3.51. The minimum absolute atomic E-state index is 0.0276. The highest BCUT2D eigenvalue weighted by molar-refractivity contribution is 7.93. The van der Waals surface area contributed by atoms with Crippen LogP contribution in [0.25, 0.3) is 11.1 Å². The van der Waals surface area contributed by atoms with Crippen LogP contribution >= 0.6 is 0 Å². The third kappa shape index (κ3) is 3.45. The lowest BCUT2D eigenvalue weighted by Gasteiger charge is -2.35. The fourth-order valence-electron chi connectivity index (χ4n) is 4.51. The molecule has 4 nitrogen and oxygen atoms in total. The molecule has 0 atom stereocenters. The number of nitrogens with zero attached hydrogens (tertiary/aromatic N) is 1. The molecule has 154 valence electrons. The molecule has 4 rings (SSSR count). The van der Waals surface area contributed by atoms with Crippen LogP contribution < -0.4 is 0 Å². The molecule has 2 aliphatic rings. The molecule has 0 bridgehead atoms. The highest BCUT2D eigenvalue weighted by atomic mass is 32.2. The van der Waals surface area contributed by atoms with Crippen molar-refractivity contribution in [3.05, 3.63) is 54.1 Å². The smallest absolute Gasteiger partial charge is 0.219 e. The first-order valence-corrected chi connectivity index (χ1v) is 11.3. The molecule has 1 amide bonds. The second kappa shape index (κ2) is 7.20. The molecule has 0 N–H and O–H groups in total. The van der Waals surface area contributed by atoms with E-state index < -0.39 is 26.2 Å². The number of amides is 1.